The molecule has 0 radical (unpaired) electrons. The van der Waals surface area contributed by atoms with E-state index in [9.17, 15) is 9.59 Å². The van der Waals surface area contributed by atoms with Gasteiger partial charge in [-0.3, -0.25) is 9.59 Å². The quantitative estimate of drug-likeness (QED) is 0.696. The maximum atomic E-state index is 11.8. The molecule has 0 bridgehead atoms. The molecule has 0 spiro atoms. The highest BCUT2D eigenvalue weighted by Gasteiger charge is 2.43. The summed E-state index contributed by atoms with van der Waals surface area (Å²) in [6.07, 6.45) is 1.93. The lowest BCUT2D eigenvalue weighted by molar-refractivity contribution is -0.131. The van der Waals surface area contributed by atoms with Gasteiger partial charge in [0.1, 0.15) is 0 Å². The number of nitrogens with one attached hydrogen (secondary N) is 1. The van der Waals surface area contributed by atoms with Gasteiger partial charge in [0.2, 0.25) is 5.91 Å². The summed E-state index contributed by atoms with van der Waals surface area (Å²) < 4.78 is 0. The molecule has 1 N–H and O–H groups in total. The highest BCUT2D eigenvalue weighted by molar-refractivity contribution is 6.05. The van der Waals surface area contributed by atoms with E-state index in [4.69, 9.17) is 0 Å². The normalized spacial score (nSPS) is 28.8. The van der Waals surface area contributed by atoms with E-state index in [1.165, 1.54) is 0 Å². The Bertz CT molecular complexity index is 344. The fourth-order valence-electron chi connectivity index (χ4n) is 3.43. The fraction of sp³-hybridized carbons (Fsp3) is 0.846. The van der Waals surface area contributed by atoms with Gasteiger partial charge in [-0.2, -0.15) is 0 Å². The van der Waals surface area contributed by atoms with Gasteiger partial charge in [-0.15, -0.1) is 0 Å². The molecular weight excluding hydrogens is 216 g/mol. The van der Waals surface area contributed by atoms with Crippen LogP contribution in [-0.4, -0.2) is 40.3 Å². The number of hydrogen-bond donors (Lipinski definition) is 1. The van der Waals surface area contributed by atoms with E-state index in [1.54, 1.807) is 4.90 Å². The van der Waals surface area contributed by atoms with E-state index in [-0.39, 0.29) is 35.2 Å². The minimum absolute atomic E-state index is 0.00787. The molecule has 17 heavy (non-hydrogen) atoms. The number of rotatable bonds is 1. The Morgan fingerprint density at radius 2 is 1.65 bits per heavy atom. The maximum absolute atomic E-state index is 11.8. The SMILES string of the molecule is CC1(C)CC(N2CC(=O)CC2=O)CC(C)(C)N1. The lowest BCUT2D eigenvalue weighted by Crippen LogP contribution is -2.62. The molecule has 4 heteroatoms. The average molecular weight is 238 g/mol. The molecule has 2 heterocycles. The molecular formula is C13H22N2O2. The molecule has 0 aliphatic carbocycles. The van der Waals surface area contributed by atoms with Crippen molar-refractivity contribution in [2.24, 2.45) is 0 Å². The summed E-state index contributed by atoms with van der Waals surface area (Å²) in [6, 6.07) is 0.195. The number of likely N-dealkylation sites (tertiary alicyclic amines) is 1. The highest BCUT2D eigenvalue weighted by Crippen LogP contribution is 2.32. The van der Waals surface area contributed by atoms with Gasteiger partial charge in [-0.25, -0.2) is 0 Å². The Hall–Kier alpha value is -0.900. The van der Waals surface area contributed by atoms with E-state index >= 15 is 0 Å². The first kappa shape index (κ1) is 12.6. The summed E-state index contributed by atoms with van der Waals surface area (Å²) in [5.74, 6) is 0.0673. The molecule has 2 saturated heterocycles. The van der Waals surface area contributed by atoms with E-state index in [1.807, 2.05) is 0 Å². The summed E-state index contributed by atoms with van der Waals surface area (Å²) in [5, 5.41) is 3.59. The van der Waals surface area contributed by atoms with Crippen molar-refractivity contribution in [1.82, 2.24) is 10.2 Å². The van der Waals surface area contributed by atoms with E-state index in [0.717, 1.165) is 12.8 Å². The van der Waals surface area contributed by atoms with Gasteiger partial charge in [0.25, 0.3) is 0 Å². The van der Waals surface area contributed by atoms with Gasteiger partial charge in [-0.1, -0.05) is 0 Å². The Balaban J connectivity index is 2.16. The number of amides is 1. The van der Waals surface area contributed by atoms with Gasteiger partial charge in [0.05, 0.1) is 13.0 Å². The number of nitrogens with zero attached hydrogens (tertiary/aromatic N) is 1. The summed E-state index contributed by atoms with van der Waals surface area (Å²) in [6.45, 7) is 8.94. The summed E-state index contributed by atoms with van der Waals surface area (Å²) >= 11 is 0. The number of Topliss-reactive ketones (excluding diaryl/α,β-unsaturated/α-hetero) is 1. The van der Waals surface area contributed by atoms with Crippen LogP contribution < -0.4 is 5.32 Å². The molecule has 0 saturated carbocycles. The number of carbonyl (C=O) groups is 2. The van der Waals surface area contributed by atoms with Crippen molar-refractivity contribution in [2.45, 2.75) is 64.1 Å². The number of ketones is 1. The second-order valence-electron chi connectivity index (χ2n) is 6.69. The molecule has 0 aromatic heterocycles. The Kier molecular flexibility index (Phi) is 2.81. The zero-order chi connectivity index (χ0) is 12.8. The van der Waals surface area contributed by atoms with Crippen molar-refractivity contribution >= 4 is 11.7 Å². The Labute approximate surface area is 103 Å². The van der Waals surface area contributed by atoms with Gasteiger partial charge in [0, 0.05) is 17.1 Å². The summed E-state index contributed by atoms with van der Waals surface area (Å²) in [5.41, 5.74) is 0.0245. The largest absolute Gasteiger partial charge is 0.332 e. The first-order valence-electron chi connectivity index (χ1n) is 6.29. The van der Waals surface area contributed by atoms with Gasteiger partial charge in [0.15, 0.2) is 5.78 Å². The van der Waals surface area contributed by atoms with Crippen molar-refractivity contribution in [2.75, 3.05) is 6.54 Å². The molecule has 2 aliphatic rings. The lowest BCUT2D eigenvalue weighted by atomic mass is 9.79. The minimum Gasteiger partial charge on any atom is -0.332 e. The highest BCUT2D eigenvalue weighted by atomic mass is 16.2. The number of hydrogen-bond acceptors (Lipinski definition) is 3. The third kappa shape index (κ3) is 2.68. The smallest absolute Gasteiger partial charge is 0.230 e. The van der Waals surface area contributed by atoms with Crippen LogP contribution in [0.1, 0.15) is 47.0 Å². The molecule has 0 unspecified atom stereocenters. The third-order valence-corrected chi connectivity index (χ3v) is 3.62. The predicted molar refractivity (Wildman–Crippen MR) is 65.7 cm³/mol. The molecule has 0 aromatic rings. The second kappa shape index (κ2) is 3.80. The average Bonchev–Trinajstić information content (AvgIpc) is 2.39. The van der Waals surface area contributed by atoms with Crippen LogP contribution >= 0.6 is 0 Å². The zero-order valence-electron chi connectivity index (χ0n) is 11.2. The fourth-order valence-corrected chi connectivity index (χ4v) is 3.43. The molecule has 1 amide bonds. The van der Waals surface area contributed by atoms with E-state index in [0.29, 0.717) is 6.54 Å². The number of piperidine rings is 1. The van der Waals surface area contributed by atoms with Gasteiger partial charge in [-0.05, 0) is 40.5 Å². The first-order valence-corrected chi connectivity index (χ1v) is 6.29. The van der Waals surface area contributed by atoms with Crippen LogP contribution in [0.2, 0.25) is 0 Å². The second-order valence-corrected chi connectivity index (χ2v) is 6.69. The summed E-state index contributed by atoms with van der Waals surface area (Å²) in [4.78, 5) is 24.9. The summed E-state index contributed by atoms with van der Waals surface area (Å²) in [7, 11) is 0. The molecule has 2 aliphatic heterocycles. The van der Waals surface area contributed by atoms with Crippen LogP contribution in [0.3, 0.4) is 0 Å². The van der Waals surface area contributed by atoms with Crippen molar-refractivity contribution in [3.63, 3.8) is 0 Å². The van der Waals surface area contributed by atoms with Crippen LogP contribution in [-0.2, 0) is 9.59 Å². The standard InChI is InChI=1S/C13H22N2O2/c1-12(2)6-9(7-13(3,4)14-12)15-8-10(16)5-11(15)17/h9,14H,5-8H2,1-4H3. The van der Waals surface area contributed by atoms with Gasteiger partial charge >= 0.3 is 0 Å². The van der Waals surface area contributed by atoms with Crippen LogP contribution in [0, 0.1) is 0 Å². The first-order chi connectivity index (χ1) is 7.69. The number of carbonyl (C=O) groups excluding carboxylic acids is 2. The van der Waals surface area contributed by atoms with Crippen molar-refractivity contribution in [1.29, 1.82) is 0 Å². The monoisotopic (exact) mass is 238 g/mol. The molecule has 96 valence electrons. The molecule has 0 atom stereocenters. The van der Waals surface area contributed by atoms with Crippen LogP contribution in [0.5, 0.6) is 0 Å². The zero-order valence-corrected chi connectivity index (χ0v) is 11.2. The van der Waals surface area contributed by atoms with Gasteiger partial charge < -0.3 is 10.2 Å². The molecule has 2 rings (SSSR count). The van der Waals surface area contributed by atoms with Crippen molar-refractivity contribution in [3.05, 3.63) is 0 Å². The maximum Gasteiger partial charge on any atom is 0.230 e. The van der Waals surface area contributed by atoms with Crippen LogP contribution in [0.25, 0.3) is 0 Å². The van der Waals surface area contributed by atoms with E-state index < -0.39 is 0 Å². The third-order valence-electron chi connectivity index (χ3n) is 3.62. The molecule has 2 fully saturated rings. The Morgan fingerprint density at radius 3 is 2.06 bits per heavy atom. The molecule has 4 nitrogen and oxygen atoms in total. The predicted octanol–water partition coefficient (Wildman–Crippen LogP) is 1.10. The van der Waals surface area contributed by atoms with Crippen LogP contribution in [0.4, 0.5) is 0 Å². The van der Waals surface area contributed by atoms with Crippen molar-refractivity contribution < 1.29 is 9.59 Å². The Morgan fingerprint density at radius 1 is 1.12 bits per heavy atom. The van der Waals surface area contributed by atoms with Crippen molar-refractivity contribution in [3.8, 4) is 0 Å². The topological polar surface area (TPSA) is 49.4 Å². The van der Waals surface area contributed by atoms with E-state index in [2.05, 4.69) is 33.0 Å². The van der Waals surface area contributed by atoms with Crippen LogP contribution in [0.15, 0.2) is 0 Å². The lowest BCUT2D eigenvalue weighted by Gasteiger charge is -2.48. The molecule has 0 aromatic carbocycles. The minimum atomic E-state index is 0.00787.